The van der Waals surface area contributed by atoms with Crippen LogP contribution in [0.5, 0.6) is 11.5 Å². The smallest absolute Gasteiger partial charge is 0.130 e. The van der Waals surface area contributed by atoms with Gasteiger partial charge in [0.15, 0.2) is 0 Å². The molecule has 1 saturated heterocycles. The molecule has 0 N–H and O–H groups in total. The van der Waals surface area contributed by atoms with Crippen LogP contribution >= 0.6 is 11.6 Å². The minimum atomic E-state index is 0.644. The quantitative estimate of drug-likeness (QED) is 0.760. The standard InChI is InChI=1S/C21H21ClNO2/c1-17-15-18(5-2-3-10-23-11-13-24-14-12-23)8-9-21(17)25-20-7-4-6-19(22)16-20/h4,6-9,15-16H,1,3,10-14H2. The molecule has 0 amide bonds. The van der Waals surface area contributed by atoms with Crippen molar-refractivity contribution in [3.05, 3.63) is 65.5 Å². The molecule has 0 saturated carbocycles. The first-order chi connectivity index (χ1) is 12.2. The highest BCUT2D eigenvalue weighted by molar-refractivity contribution is 6.30. The lowest BCUT2D eigenvalue weighted by Crippen LogP contribution is -2.36. The molecule has 4 heteroatoms. The molecule has 129 valence electrons. The second-order valence-electron chi connectivity index (χ2n) is 5.89. The van der Waals surface area contributed by atoms with E-state index in [2.05, 4.69) is 23.7 Å². The average Bonchev–Trinajstić information content (AvgIpc) is 2.62. The van der Waals surface area contributed by atoms with Gasteiger partial charge in [0.1, 0.15) is 11.5 Å². The summed E-state index contributed by atoms with van der Waals surface area (Å²) in [4.78, 5) is 2.38. The molecule has 0 atom stereocenters. The van der Waals surface area contributed by atoms with Crippen molar-refractivity contribution < 1.29 is 9.47 Å². The van der Waals surface area contributed by atoms with Crippen molar-refractivity contribution in [3.63, 3.8) is 0 Å². The second-order valence-corrected chi connectivity index (χ2v) is 6.32. The van der Waals surface area contributed by atoms with Gasteiger partial charge in [-0.2, -0.15) is 0 Å². The SMILES string of the molecule is [CH2]c1cc(C#CCCN2CCOCC2)ccc1Oc1cccc(Cl)c1. The van der Waals surface area contributed by atoms with Gasteiger partial charge in [0.05, 0.1) is 13.2 Å². The van der Waals surface area contributed by atoms with Crippen LogP contribution in [-0.4, -0.2) is 37.7 Å². The molecule has 1 heterocycles. The highest BCUT2D eigenvalue weighted by Gasteiger charge is 2.08. The summed E-state index contributed by atoms with van der Waals surface area (Å²) in [6.07, 6.45) is 0.854. The summed E-state index contributed by atoms with van der Waals surface area (Å²) in [6.45, 7) is 8.70. The minimum Gasteiger partial charge on any atom is -0.457 e. The van der Waals surface area contributed by atoms with E-state index in [4.69, 9.17) is 21.1 Å². The van der Waals surface area contributed by atoms with E-state index in [0.717, 1.165) is 50.4 Å². The minimum absolute atomic E-state index is 0.644. The fourth-order valence-corrected chi connectivity index (χ4v) is 2.80. The lowest BCUT2D eigenvalue weighted by atomic mass is 10.1. The van der Waals surface area contributed by atoms with Crippen molar-refractivity contribution in [1.29, 1.82) is 0 Å². The molecule has 25 heavy (non-hydrogen) atoms. The van der Waals surface area contributed by atoms with E-state index in [-0.39, 0.29) is 0 Å². The van der Waals surface area contributed by atoms with Crippen LogP contribution in [-0.2, 0) is 4.74 Å². The molecule has 0 spiro atoms. The van der Waals surface area contributed by atoms with Crippen LogP contribution in [0.3, 0.4) is 0 Å². The van der Waals surface area contributed by atoms with Crippen molar-refractivity contribution >= 4 is 11.6 Å². The summed E-state index contributed by atoms with van der Waals surface area (Å²) < 4.78 is 11.2. The van der Waals surface area contributed by atoms with E-state index < -0.39 is 0 Å². The van der Waals surface area contributed by atoms with Crippen LogP contribution in [0, 0.1) is 18.8 Å². The molecule has 0 bridgehead atoms. The van der Waals surface area contributed by atoms with Crippen molar-refractivity contribution in [2.24, 2.45) is 0 Å². The van der Waals surface area contributed by atoms with Gasteiger partial charge in [0.25, 0.3) is 0 Å². The Morgan fingerprint density at radius 1 is 1.16 bits per heavy atom. The van der Waals surface area contributed by atoms with E-state index >= 15 is 0 Å². The van der Waals surface area contributed by atoms with Gasteiger partial charge in [-0.05, 0) is 48.9 Å². The van der Waals surface area contributed by atoms with E-state index in [0.29, 0.717) is 16.5 Å². The Hall–Kier alpha value is -1.99. The second kappa shape index (κ2) is 8.92. The monoisotopic (exact) mass is 354 g/mol. The Bertz CT molecular complexity index is 773. The normalized spacial score (nSPS) is 14.6. The van der Waals surface area contributed by atoms with Gasteiger partial charge in [-0.15, -0.1) is 0 Å². The molecule has 2 aromatic rings. The zero-order valence-corrected chi connectivity index (χ0v) is 14.9. The maximum Gasteiger partial charge on any atom is 0.130 e. The summed E-state index contributed by atoms with van der Waals surface area (Å²) in [6, 6.07) is 13.1. The Kier molecular flexibility index (Phi) is 6.36. The summed E-state index contributed by atoms with van der Waals surface area (Å²) >= 11 is 5.98. The average molecular weight is 355 g/mol. The summed E-state index contributed by atoms with van der Waals surface area (Å²) in [5, 5.41) is 0.644. The molecule has 0 aromatic heterocycles. The Morgan fingerprint density at radius 2 is 2.00 bits per heavy atom. The third kappa shape index (κ3) is 5.51. The summed E-state index contributed by atoms with van der Waals surface area (Å²) in [7, 11) is 0. The van der Waals surface area contributed by atoms with Crippen LogP contribution in [0.1, 0.15) is 17.5 Å². The molecular weight excluding hydrogens is 334 g/mol. The largest absolute Gasteiger partial charge is 0.457 e. The fourth-order valence-electron chi connectivity index (χ4n) is 2.62. The number of morpholine rings is 1. The molecule has 1 radical (unpaired) electrons. The maximum atomic E-state index is 5.98. The summed E-state index contributed by atoms with van der Waals surface area (Å²) in [5.74, 6) is 7.84. The molecule has 2 aromatic carbocycles. The number of halogens is 1. The first-order valence-electron chi connectivity index (χ1n) is 8.39. The Labute approximate surface area is 154 Å². The topological polar surface area (TPSA) is 21.7 Å². The van der Waals surface area contributed by atoms with Crippen LogP contribution < -0.4 is 4.74 Å². The van der Waals surface area contributed by atoms with Gasteiger partial charge in [0, 0.05) is 36.6 Å². The van der Waals surface area contributed by atoms with E-state index in [1.807, 2.05) is 36.4 Å². The third-order valence-corrected chi connectivity index (χ3v) is 4.21. The molecular formula is C21H21ClNO2. The van der Waals surface area contributed by atoms with Crippen molar-refractivity contribution in [2.75, 3.05) is 32.8 Å². The molecule has 3 rings (SSSR count). The number of rotatable bonds is 4. The Balaban J connectivity index is 1.57. The first-order valence-corrected chi connectivity index (χ1v) is 8.77. The molecule has 0 aliphatic carbocycles. The molecule has 1 aliphatic heterocycles. The first kappa shape index (κ1) is 17.8. The fraction of sp³-hybridized carbons (Fsp3) is 0.286. The van der Waals surface area contributed by atoms with Crippen molar-refractivity contribution in [1.82, 2.24) is 4.90 Å². The van der Waals surface area contributed by atoms with E-state index in [1.54, 1.807) is 6.07 Å². The zero-order valence-electron chi connectivity index (χ0n) is 14.1. The van der Waals surface area contributed by atoms with Gasteiger partial charge in [-0.3, -0.25) is 4.90 Å². The van der Waals surface area contributed by atoms with Crippen LogP contribution in [0.4, 0.5) is 0 Å². The van der Waals surface area contributed by atoms with Crippen molar-refractivity contribution in [3.8, 4) is 23.3 Å². The van der Waals surface area contributed by atoms with Gasteiger partial charge < -0.3 is 9.47 Å². The van der Waals surface area contributed by atoms with Crippen LogP contribution in [0.25, 0.3) is 0 Å². The third-order valence-electron chi connectivity index (χ3n) is 3.97. The van der Waals surface area contributed by atoms with Crippen LogP contribution in [0.2, 0.25) is 5.02 Å². The molecule has 1 aliphatic rings. The lowest BCUT2D eigenvalue weighted by molar-refractivity contribution is 0.0390. The molecule has 3 nitrogen and oxygen atoms in total. The summed E-state index contributed by atoms with van der Waals surface area (Å²) in [5.41, 5.74) is 1.75. The number of hydrogen-bond acceptors (Lipinski definition) is 3. The number of benzene rings is 2. The lowest BCUT2D eigenvalue weighted by Gasteiger charge is -2.25. The molecule has 0 unspecified atom stereocenters. The van der Waals surface area contributed by atoms with E-state index in [1.165, 1.54) is 0 Å². The maximum absolute atomic E-state index is 5.98. The van der Waals surface area contributed by atoms with Gasteiger partial charge in [0.2, 0.25) is 0 Å². The number of nitrogens with zero attached hydrogens (tertiary/aromatic N) is 1. The number of ether oxygens (including phenoxy) is 2. The van der Waals surface area contributed by atoms with Gasteiger partial charge in [-0.25, -0.2) is 0 Å². The predicted molar refractivity (Wildman–Crippen MR) is 101 cm³/mol. The number of hydrogen-bond donors (Lipinski definition) is 0. The molecule has 1 fully saturated rings. The van der Waals surface area contributed by atoms with Gasteiger partial charge in [-0.1, -0.05) is 29.5 Å². The predicted octanol–water partition coefficient (Wildman–Crippen LogP) is 4.39. The van der Waals surface area contributed by atoms with Gasteiger partial charge >= 0.3 is 0 Å². The Morgan fingerprint density at radius 3 is 2.76 bits per heavy atom. The van der Waals surface area contributed by atoms with Crippen LogP contribution in [0.15, 0.2) is 42.5 Å². The van der Waals surface area contributed by atoms with Crippen molar-refractivity contribution in [2.45, 2.75) is 6.42 Å². The van der Waals surface area contributed by atoms with E-state index in [9.17, 15) is 0 Å². The highest BCUT2D eigenvalue weighted by Crippen LogP contribution is 2.27. The highest BCUT2D eigenvalue weighted by atomic mass is 35.5. The zero-order chi connectivity index (χ0) is 17.5.